The molecular weight excluding hydrogens is 268 g/mol. The van der Waals surface area contributed by atoms with Crippen LogP contribution in [-0.4, -0.2) is 25.2 Å². The van der Waals surface area contributed by atoms with Crippen molar-refractivity contribution in [3.63, 3.8) is 0 Å². The highest BCUT2D eigenvalue weighted by atomic mass is 32.2. The molecule has 0 aromatic heterocycles. The van der Waals surface area contributed by atoms with Gasteiger partial charge in [0.1, 0.15) is 4.99 Å². The molecule has 0 radical (unpaired) electrons. The van der Waals surface area contributed by atoms with Crippen molar-refractivity contribution in [2.24, 2.45) is 5.73 Å². The van der Waals surface area contributed by atoms with E-state index in [1.807, 2.05) is 0 Å². The van der Waals surface area contributed by atoms with Crippen LogP contribution in [0.15, 0.2) is 24.3 Å². The lowest BCUT2D eigenvalue weighted by atomic mass is 10.2. The Morgan fingerprint density at radius 2 is 1.89 bits per heavy atom. The van der Waals surface area contributed by atoms with Crippen LogP contribution in [0.4, 0.5) is 5.69 Å². The van der Waals surface area contributed by atoms with Crippen LogP contribution in [0.25, 0.3) is 0 Å². The second kappa shape index (κ2) is 4.85. The van der Waals surface area contributed by atoms with Gasteiger partial charge in [0.25, 0.3) is 0 Å². The van der Waals surface area contributed by atoms with E-state index in [2.05, 4.69) is 0 Å². The Morgan fingerprint density at radius 3 is 2.33 bits per heavy atom. The van der Waals surface area contributed by atoms with Gasteiger partial charge in [-0.15, -0.1) is 0 Å². The summed E-state index contributed by atoms with van der Waals surface area (Å²) in [5.41, 5.74) is 6.74. The van der Waals surface area contributed by atoms with E-state index in [4.69, 9.17) is 18.0 Å². The minimum atomic E-state index is -3.42. The van der Waals surface area contributed by atoms with Crippen molar-refractivity contribution in [3.05, 3.63) is 29.8 Å². The van der Waals surface area contributed by atoms with Crippen LogP contribution in [0, 0.1) is 0 Å². The molecule has 2 N–H and O–H groups in total. The number of sulfonamides is 1. The zero-order valence-electron chi connectivity index (χ0n) is 11.0. The molecule has 1 rings (SSSR count). The van der Waals surface area contributed by atoms with E-state index in [9.17, 15) is 8.42 Å². The highest BCUT2D eigenvalue weighted by Crippen LogP contribution is 2.25. The van der Waals surface area contributed by atoms with Gasteiger partial charge in [0.05, 0.1) is 10.4 Å². The maximum absolute atomic E-state index is 12.3. The molecule has 0 saturated carbocycles. The molecule has 1 aromatic carbocycles. The summed E-state index contributed by atoms with van der Waals surface area (Å²) < 4.78 is 25.0. The summed E-state index contributed by atoms with van der Waals surface area (Å²) in [5, 5.41) is 0. The van der Waals surface area contributed by atoms with E-state index in [0.29, 0.717) is 11.3 Å². The van der Waals surface area contributed by atoms with Crippen molar-refractivity contribution < 1.29 is 8.42 Å². The largest absolute Gasteiger partial charge is 0.389 e. The number of thiocarbonyl (C=S) groups is 1. The lowest BCUT2D eigenvalue weighted by Gasteiger charge is -2.28. The van der Waals surface area contributed by atoms with Gasteiger partial charge < -0.3 is 5.73 Å². The number of anilines is 1. The molecule has 0 fully saturated rings. The summed E-state index contributed by atoms with van der Waals surface area (Å²) in [6, 6.07) is 6.87. The first kappa shape index (κ1) is 14.9. The van der Waals surface area contributed by atoms with E-state index in [1.165, 1.54) is 11.4 Å². The van der Waals surface area contributed by atoms with Crippen molar-refractivity contribution in [2.45, 2.75) is 25.5 Å². The number of nitrogens with two attached hydrogens (primary N) is 1. The van der Waals surface area contributed by atoms with Gasteiger partial charge in [-0.3, -0.25) is 4.31 Å². The molecule has 0 heterocycles. The maximum Gasteiger partial charge on any atom is 0.239 e. The fourth-order valence-corrected chi connectivity index (χ4v) is 2.74. The summed E-state index contributed by atoms with van der Waals surface area (Å²) in [7, 11) is -1.90. The van der Waals surface area contributed by atoms with Crippen LogP contribution >= 0.6 is 12.2 Å². The average molecular weight is 286 g/mol. The fraction of sp³-hybridized carbons (Fsp3) is 0.417. The first-order valence-corrected chi connectivity index (χ1v) is 7.30. The van der Waals surface area contributed by atoms with Gasteiger partial charge in [0, 0.05) is 12.6 Å². The molecule has 0 atom stereocenters. The third kappa shape index (κ3) is 2.81. The highest BCUT2D eigenvalue weighted by Gasteiger charge is 2.33. The van der Waals surface area contributed by atoms with Gasteiger partial charge in [0.2, 0.25) is 10.0 Å². The molecule has 0 saturated heterocycles. The van der Waals surface area contributed by atoms with E-state index < -0.39 is 14.8 Å². The average Bonchev–Trinajstić information content (AvgIpc) is 2.26. The summed E-state index contributed by atoms with van der Waals surface area (Å²) in [5.74, 6) is 0. The predicted molar refractivity (Wildman–Crippen MR) is 79.4 cm³/mol. The second-order valence-electron chi connectivity index (χ2n) is 5.00. The van der Waals surface area contributed by atoms with Crippen molar-refractivity contribution in [1.29, 1.82) is 0 Å². The first-order valence-electron chi connectivity index (χ1n) is 5.46. The summed E-state index contributed by atoms with van der Waals surface area (Å²) in [6.07, 6.45) is 0. The number of hydrogen-bond donors (Lipinski definition) is 1. The fourth-order valence-electron chi connectivity index (χ4n) is 1.40. The van der Waals surface area contributed by atoms with Crippen LogP contribution in [0.5, 0.6) is 0 Å². The van der Waals surface area contributed by atoms with Gasteiger partial charge in [-0.2, -0.15) is 0 Å². The van der Waals surface area contributed by atoms with Crippen molar-refractivity contribution in [3.8, 4) is 0 Å². The smallest absolute Gasteiger partial charge is 0.239 e. The first-order chi connectivity index (χ1) is 8.07. The van der Waals surface area contributed by atoms with Crippen molar-refractivity contribution >= 4 is 32.9 Å². The van der Waals surface area contributed by atoms with Crippen LogP contribution in [0.3, 0.4) is 0 Å². The van der Waals surface area contributed by atoms with E-state index in [1.54, 1.807) is 45.0 Å². The van der Waals surface area contributed by atoms with E-state index >= 15 is 0 Å². The predicted octanol–water partition coefficient (Wildman–Crippen LogP) is 1.89. The van der Waals surface area contributed by atoms with Gasteiger partial charge >= 0.3 is 0 Å². The van der Waals surface area contributed by atoms with Crippen molar-refractivity contribution in [2.75, 3.05) is 11.4 Å². The Bertz CT molecular complexity index is 560. The standard InChI is InChI=1S/C12H18N2O2S2/c1-12(2,3)18(15,16)14(4)10-7-5-6-9(8-10)11(13)17/h5-8H,1-4H3,(H2,13,17). The summed E-state index contributed by atoms with van der Waals surface area (Å²) in [6.45, 7) is 4.99. The Balaban J connectivity index is 3.24. The molecule has 0 aliphatic rings. The molecule has 0 bridgehead atoms. The molecule has 6 heteroatoms. The van der Waals surface area contributed by atoms with E-state index in [0.717, 1.165) is 0 Å². The molecule has 0 aliphatic heterocycles. The Labute approximate surface area is 114 Å². The monoisotopic (exact) mass is 286 g/mol. The highest BCUT2D eigenvalue weighted by molar-refractivity contribution is 7.94. The summed E-state index contributed by atoms with van der Waals surface area (Å²) in [4.78, 5) is 0.249. The van der Waals surface area contributed by atoms with E-state index in [-0.39, 0.29) is 4.99 Å². The van der Waals surface area contributed by atoms with Crippen molar-refractivity contribution in [1.82, 2.24) is 0 Å². The number of rotatable bonds is 3. The molecule has 1 aromatic rings. The van der Waals surface area contributed by atoms with Gasteiger partial charge in [-0.1, -0.05) is 24.4 Å². The molecule has 0 aliphatic carbocycles. The minimum Gasteiger partial charge on any atom is -0.389 e. The minimum absolute atomic E-state index is 0.249. The zero-order chi connectivity index (χ0) is 14.1. The SMILES string of the molecule is CN(c1cccc(C(N)=S)c1)S(=O)(=O)C(C)(C)C. The third-order valence-corrected chi connectivity index (χ3v) is 5.34. The Kier molecular flexibility index (Phi) is 4.02. The van der Waals surface area contributed by atoms with Crippen LogP contribution < -0.4 is 10.0 Å². The number of nitrogens with zero attached hydrogens (tertiary/aromatic N) is 1. The maximum atomic E-state index is 12.3. The number of benzene rings is 1. The normalized spacial score (nSPS) is 12.2. The lowest BCUT2D eigenvalue weighted by molar-refractivity contribution is 0.558. The molecule has 0 spiro atoms. The van der Waals surface area contributed by atoms with Gasteiger partial charge in [-0.05, 0) is 32.9 Å². The molecule has 4 nitrogen and oxygen atoms in total. The zero-order valence-corrected chi connectivity index (χ0v) is 12.6. The van der Waals surface area contributed by atoms with Crippen LogP contribution in [-0.2, 0) is 10.0 Å². The molecule has 100 valence electrons. The molecule has 18 heavy (non-hydrogen) atoms. The third-order valence-electron chi connectivity index (χ3n) is 2.63. The quantitative estimate of drug-likeness (QED) is 0.862. The van der Waals surface area contributed by atoms with Crippen LogP contribution in [0.1, 0.15) is 26.3 Å². The topological polar surface area (TPSA) is 63.4 Å². The molecule has 0 amide bonds. The lowest BCUT2D eigenvalue weighted by Crippen LogP contribution is -2.40. The Hall–Kier alpha value is -1.14. The second-order valence-corrected chi connectivity index (χ2v) is 8.16. The number of hydrogen-bond acceptors (Lipinski definition) is 3. The van der Waals surface area contributed by atoms with Gasteiger partial charge in [0.15, 0.2) is 0 Å². The Morgan fingerprint density at radius 1 is 1.33 bits per heavy atom. The summed E-state index contributed by atoms with van der Waals surface area (Å²) >= 11 is 4.88. The van der Waals surface area contributed by atoms with Crippen LogP contribution in [0.2, 0.25) is 0 Å². The van der Waals surface area contributed by atoms with Gasteiger partial charge in [-0.25, -0.2) is 8.42 Å². The molecular formula is C12H18N2O2S2. The molecule has 0 unspecified atom stereocenters.